The zero-order valence-electron chi connectivity index (χ0n) is 11.1. The number of thiazole rings is 1. The third-order valence-electron chi connectivity index (χ3n) is 2.84. The molecule has 0 aliphatic heterocycles. The van der Waals surface area contributed by atoms with E-state index in [-0.39, 0.29) is 5.91 Å². The lowest BCUT2D eigenvalue weighted by Gasteiger charge is -2.06. The number of hydrogen-bond acceptors (Lipinski definition) is 4. The predicted octanol–water partition coefficient (Wildman–Crippen LogP) is 2.35. The zero-order valence-corrected chi connectivity index (χ0v) is 11.9. The molecule has 2 rings (SSSR count). The van der Waals surface area contributed by atoms with Gasteiger partial charge in [-0.25, -0.2) is 4.98 Å². The smallest absolute Gasteiger partial charge is 0.224 e. The van der Waals surface area contributed by atoms with E-state index < -0.39 is 0 Å². The zero-order chi connectivity index (χ0) is 13.7. The van der Waals surface area contributed by atoms with E-state index in [0.717, 1.165) is 22.0 Å². The van der Waals surface area contributed by atoms with Crippen molar-refractivity contribution in [3.63, 3.8) is 0 Å². The maximum Gasteiger partial charge on any atom is 0.224 e. The molecule has 2 N–H and O–H groups in total. The van der Waals surface area contributed by atoms with Crippen molar-refractivity contribution in [1.82, 2.24) is 10.3 Å². The number of benzene rings is 1. The molecular formula is C14H17N3OS. The fourth-order valence-corrected chi connectivity index (χ4v) is 2.41. The number of hydrogen-bond donors (Lipinski definition) is 2. The fourth-order valence-electron chi connectivity index (χ4n) is 1.74. The number of anilines is 1. The summed E-state index contributed by atoms with van der Waals surface area (Å²) in [5, 5.41) is 8.67. The van der Waals surface area contributed by atoms with Crippen LogP contribution in [-0.4, -0.2) is 17.9 Å². The second kappa shape index (κ2) is 6.33. The van der Waals surface area contributed by atoms with E-state index in [1.54, 1.807) is 0 Å². The first-order valence-electron chi connectivity index (χ1n) is 6.12. The van der Waals surface area contributed by atoms with Crippen LogP contribution in [0.3, 0.4) is 0 Å². The number of carbonyl (C=O) groups is 1. The second-order valence-corrected chi connectivity index (χ2v) is 5.13. The molecule has 0 radical (unpaired) electrons. The van der Waals surface area contributed by atoms with E-state index >= 15 is 0 Å². The summed E-state index contributed by atoms with van der Waals surface area (Å²) in [4.78, 5) is 16.2. The Morgan fingerprint density at radius 1 is 1.37 bits per heavy atom. The lowest BCUT2D eigenvalue weighted by atomic mass is 10.1. The molecule has 1 heterocycles. The van der Waals surface area contributed by atoms with Crippen LogP contribution in [0.2, 0.25) is 0 Å². The van der Waals surface area contributed by atoms with Gasteiger partial charge in [0.05, 0.1) is 18.7 Å². The first-order chi connectivity index (χ1) is 9.19. The summed E-state index contributed by atoms with van der Waals surface area (Å²) in [5.41, 5.74) is 3.09. The highest BCUT2D eigenvalue weighted by molar-refractivity contribution is 7.13. The average Bonchev–Trinajstić information content (AvgIpc) is 2.87. The van der Waals surface area contributed by atoms with Crippen LogP contribution in [-0.2, 0) is 17.8 Å². The molecule has 5 heteroatoms. The summed E-state index contributed by atoms with van der Waals surface area (Å²) >= 11 is 1.53. The van der Waals surface area contributed by atoms with Crippen molar-refractivity contribution in [2.75, 3.05) is 12.4 Å². The number of amides is 1. The molecule has 0 atom stereocenters. The van der Waals surface area contributed by atoms with Gasteiger partial charge in [-0.15, -0.1) is 11.3 Å². The predicted molar refractivity (Wildman–Crippen MR) is 78.4 cm³/mol. The lowest BCUT2D eigenvalue weighted by Crippen LogP contribution is -2.25. The standard InChI is InChI=1S/C14H17N3OS/c1-10-5-3-4-6-11(10)7-13(18)16-8-12-9-19-14(15-2)17-12/h3-6,9H,7-8H2,1-2H3,(H,15,17)(H,16,18). The van der Waals surface area contributed by atoms with E-state index in [2.05, 4.69) is 15.6 Å². The molecule has 0 aliphatic rings. The van der Waals surface area contributed by atoms with Crippen LogP contribution in [0.4, 0.5) is 5.13 Å². The van der Waals surface area contributed by atoms with Crippen molar-refractivity contribution >= 4 is 22.4 Å². The van der Waals surface area contributed by atoms with Crippen molar-refractivity contribution in [1.29, 1.82) is 0 Å². The topological polar surface area (TPSA) is 54.0 Å². The third kappa shape index (κ3) is 3.79. The summed E-state index contributed by atoms with van der Waals surface area (Å²) in [6, 6.07) is 7.93. The number of aromatic nitrogens is 1. The van der Waals surface area contributed by atoms with Crippen LogP contribution in [0, 0.1) is 6.92 Å². The molecule has 100 valence electrons. The monoisotopic (exact) mass is 275 g/mol. The fraction of sp³-hybridized carbons (Fsp3) is 0.286. The molecule has 0 unspecified atom stereocenters. The van der Waals surface area contributed by atoms with Gasteiger partial charge in [0.25, 0.3) is 0 Å². The van der Waals surface area contributed by atoms with Gasteiger partial charge >= 0.3 is 0 Å². The van der Waals surface area contributed by atoms with Gasteiger partial charge in [-0.1, -0.05) is 24.3 Å². The van der Waals surface area contributed by atoms with Gasteiger partial charge in [-0.3, -0.25) is 4.79 Å². The molecule has 1 aromatic heterocycles. The molecule has 0 spiro atoms. The summed E-state index contributed by atoms with van der Waals surface area (Å²) < 4.78 is 0. The second-order valence-electron chi connectivity index (χ2n) is 4.27. The van der Waals surface area contributed by atoms with Crippen molar-refractivity contribution in [2.45, 2.75) is 19.9 Å². The molecule has 0 fully saturated rings. The summed E-state index contributed by atoms with van der Waals surface area (Å²) in [6.45, 7) is 2.49. The minimum atomic E-state index is 0.0216. The van der Waals surface area contributed by atoms with Gasteiger partial charge in [0.15, 0.2) is 5.13 Å². The molecular weight excluding hydrogens is 258 g/mol. The Morgan fingerprint density at radius 3 is 2.84 bits per heavy atom. The van der Waals surface area contributed by atoms with E-state index in [4.69, 9.17) is 0 Å². The quantitative estimate of drug-likeness (QED) is 0.880. The maximum absolute atomic E-state index is 11.9. The average molecular weight is 275 g/mol. The Balaban J connectivity index is 1.86. The highest BCUT2D eigenvalue weighted by atomic mass is 32.1. The van der Waals surface area contributed by atoms with Crippen LogP contribution < -0.4 is 10.6 Å². The summed E-state index contributed by atoms with van der Waals surface area (Å²) in [7, 11) is 1.83. The minimum Gasteiger partial charge on any atom is -0.365 e. The van der Waals surface area contributed by atoms with Gasteiger partial charge in [0.2, 0.25) is 5.91 Å². The first-order valence-corrected chi connectivity index (χ1v) is 7.00. The molecule has 0 aliphatic carbocycles. The number of nitrogens with one attached hydrogen (secondary N) is 2. The first kappa shape index (κ1) is 13.5. The molecule has 0 saturated carbocycles. The van der Waals surface area contributed by atoms with Crippen LogP contribution in [0.1, 0.15) is 16.8 Å². The molecule has 1 aromatic carbocycles. The van der Waals surface area contributed by atoms with E-state index in [9.17, 15) is 4.79 Å². The number of carbonyl (C=O) groups excluding carboxylic acids is 1. The Labute approximate surface area is 116 Å². The number of nitrogens with zero attached hydrogens (tertiary/aromatic N) is 1. The van der Waals surface area contributed by atoms with Gasteiger partial charge in [-0.2, -0.15) is 0 Å². The normalized spacial score (nSPS) is 10.2. The largest absolute Gasteiger partial charge is 0.365 e. The molecule has 2 aromatic rings. The van der Waals surface area contributed by atoms with Crippen LogP contribution in [0.15, 0.2) is 29.6 Å². The molecule has 19 heavy (non-hydrogen) atoms. The van der Waals surface area contributed by atoms with Crippen molar-refractivity contribution in [2.24, 2.45) is 0 Å². The SMILES string of the molecule is CNc1nc(CNC(=O)Cc2ccccc2C)cs1. The Kier molecular flexibility index (Phi) is 4.52. The molecule has 0 bridgehead atoms. The van der Waals surface area contributed by atoms with Gasteiger partial charge in [-0.05, 0) is 18.1 Å². The summed E-state index contributed by atoms with van der Waals surface area (Å²) in [6.07, 6.45) is 0.412. The number of rotatable bonds is 5. The third-order valence-corrected chi connectivity index (χ3v) is 3.75. The van der Waals surface area contributed by atoms with E-state index in [1.807, 2.05) is 43.6 Å². The van der Waals surface area contributed by atoms with Gasteiger partial charge in [0, 0.05) is 12.4 Å². The molecule has 0 saturated heterocycles. The van der Waals surface area contributed by atoms with Crippen molar-refractivity contribution in [3.8, 4) is 0 Å². The summed E-state index contributed by atoms with van der Waals surface area (Å²) in [5.74, 6) is 0.0216. The van der Waals surface area contributed by atoms with Crippen molar-refractivity contribution < 1.29 is 4.79 Å². The Hall–Kier alpha value is -1.88. The molecule has 1 amide bonds. The van der Waals surface area contributed by atoms with E-state index in [0.29, 0.717) is 13.0 Å². The van der Waals surface area contributed by atoms with Crippen LogP contribution >= 0.6 is 11.3 Å². The van der Waals surface area contributed by atoms with Gasteiger partial charge < -0.3 is 10.6 Å². The lowest BCUT2D eigenvalue weighted by molar-refractivity contribution is -0.120. The highest BCUT2D eigenvalue weighted by Crippen LogP contribution is 2.14. The maximum atomic E-state index is 11.9. The molecule has 4 nitrogen and oxygen atoms in total. The van der Waals surface area contributed by atoms with E-state index in [1.165, 1.54) is 11.3 Å². The van der Waals surface area contributed by atoms with Gasteiger partial charge in [0.1, 0.15) is 0 Å². The Bertz CT molecular complexity index is 565. The number of aryl methyl sites for hydroxylation is 1. The van der Waals surface area contributed by atoms with Crippen LogP contribution in [0.5, 0.6) is 0 Å². The van der Waals surface area contributed by atoms with Crippen LogP contribution in [0.25, 0.3) is 0 Å². The highest BCUT2D eigenvalue weighted by Gasteiger charge is 2.06. The van der Waals surface area contributed by atoms with Crippen molar-refractivity contribution in [3.05, 3.63) is 46.5 Å². The minimum absolute atomic E-state index is 0.0216. The Morgan fingerprint density at radius 2 is 2.16 bits per heavy atom.